The average Bonchev–Trinajstić information content (AvgIpc) is 3.89. The molecule has 2 unspecified atom stereocenters. The fourth-order valence-corrected chi connectivity index (χ4v) is 6.33. The molecule has 2 fully saturated rings. The number of aromatic nitrogens is 1. The van der Waals surface area contributed by atoms with Crippen molar-refractivity contribution < 1.29 is 33.6 Å². The maximum Gasteiger partial charge on any atom is 0.238 e. The van der Waals surface area contributed by atoms with Crippen LogP contribution in [0.1, 0.15) is 69.1 Å². The molecule has 11 nitrogen and oxygen atoms in total. The molecule has 2 aliphatic heterocycles. The number of methoxy groups -OCH3 is 1. The number of pyridine rings is 1. The minimum atomic E-state index is -1.01. The summed E-state index contributed by atoms with van der Waals surface area (Å²) in [4.78, 5) is 32.2. The summed E-state index contributed by atoms with van der Waals surface area (Å²) in [5.74, 6) is 0.935. The van der Waals surface area contributed by atoms with Gasteiger partial charge in [0.1, 0.15) is 35.6 Å². The second-order valence-corrected chi connectivity index (χ2v) is 14.0. The Morgan fingerprint density at radius 2 is 1.75 bits per heavy atom. The first-order valence-electron chi connectivity index (χ1n) is 16.7. The molecule has 3 heterocycles. The Morgan fingerprint density at radius 3 is 2.38 bits per heavy atom. The van der Waals surface area contributed by atoms with Gasteiger partial charge in [-0.25, -0.2) is 4.98 Å². The molecule has 1 aliphatic carbocycles. The monoisotopic (exact) mass is 658 g/mol. The third-order valence-corrected chi connectivity index (χ3v) is 9.18. The number of hydrogen-bond acceptors (Lipinski definition) is 9. The van der Waals surface area contributed by atoms with Crippen LogP contribution >= 0.6 is 0 Å². The molecule has 0 radical (unpaired) electrons. The van der Waals surface area contributed by atoms with Crippen molar-refractivity contribution in [3.63, 3.8) is 0 Å². The lowest BCUT2D eigenvalue weighted by atomic mass is 9.82. The number of aliphatic hydroxyl groups excluding tert-OH is 1. The highest BCUT2D eigenvalue weighted by Crippen LogP contribution is 2.44. The number of benzene rings is 2. The molecule has 3 aromatic rings. The number of nitrogens with zero attached hydrogens (tertiary/aromatic N) is 2. The maximum atomic E-state index is 13.0. The molecule has 48 heavy (non-hydrogen) atoms. The van der Waals surface area contributed by atoms with E-state index in [0.29, 0.717) is 60.8 Å². The van der Waals surface area contributed by atoms with Crippen LogP contribution in [-0.4, -0.2) is 65.6 Å². The van der Waals surface area contributed by atoms with Gasteiger partial charge in [0.25, 0.3) is 0 Å². The predicted octanol–water partition coefficient (Wildman–Crippen LogP) is 4.99. The van der Waals surface area contributed by atoms with E-state index in [2.05, 4.69) is 11.4 Å². The first kappa shape index (κ1) is 33.7. The largest absolute Gasteiger partial charge is 0.497 e. The zero-order valence-electron chi connectivity index (χ0n) is 28.2. The number of rotatable bonds is 12. The molecule has 2 atom stereocenters. The molecule has 2 amide bonds. The number of primary amides is 1. The van der Waals surface area contributed by atoms with E-state index in [1.807, 2.05) is 68.1 Å². The predicted molar refractivity (Wildman–Crippen MR) is 181 cm³/mol. The van der Waals surface area contributed by atoms with Crippen LogP contribution in [0.4, 0.5) is 5.82 Å². The smallest absolute Gasteiger partial charge is 0.238 e. The molecule has 1 saturated carbocycles. The van der Waals surface area contributed by atoms with Crippen molar-refractivity contribution in [3.8, 4) is 28.5 Å². The Hall–Kier alpha value is -4.19. The van der Waals surface area contributed by atoms with E-state index >= 15 is 0 Å². The maximum absolute atomic E-state index is 13.0. The van der Waals surface area contributed by atoms with Crippen LogP contribution in [0.2, 0.25) is 0 Å². The van der Waals surface area contributed by atoms with Gasteiger partial charge in [0.15, 0.2) is 0 Å². The molecule has 3 aliphatic rings. The van der Waals surface area contributed by atoms with Crippen molar-refractivity contribution >= 4 is 17.6 Å². The molecule has 0 bridgehead atoms. The molecule has 256 valence electrons. The van der Waals surface area contributed by atoms with Gasteiger partial charge in [-0.15, -0.1) is 0 Å². The van der Waals surface area contributed by atoms with E-state index in [-0.39, 0.29) is 12.3 Å². The Morgan fingerprint density at radius 1 is 1.06 bits per heavy atom. The third-order valence-electron chi connectivity index (χ3n) is 9.18. The number of ether oxygens (including phenoxy) is 4. The summed E-state index contributed by atoms with van der Waals surface area (Å²) in [7, 11) is 1.63. The number of anilines is 1. The average molecular weight is 659 g/mol. The number of carbonyl (C=O) groups is 2. The van der Waals surface area contributed by atoms with E-state index in [0.717, 1.165) is 48.1 Å². The topological polar surface area (TPSA) is 145 Å². The van der Waals surface area contributed by atoms with Crippen LogP contribution in [-0.2, 0) is 27.4 Å². The number of nitrogens with two attached hydrogens (primary N) is 1. The first-order chi connectivity index (χ1) is 23.0. The van der Waals surface area contributed by atoms with Gasteiger partial charge < -0.3 is 35.1 Å². The van der Waals surface area contributed by atoms with Crippen LogP contribution in [0.15, 0.2) is 48.5 Å². The van der Waals surface area contributed by atoms with Crippen LogP contribution in [0.25, 0.3) is 11.3 Å². The first-order valence-corrected chi connectivity index (χ1v) is 16.7. The van der Waals surface area contributed by atoms with E-state index in [9.17, 15) is 14.7 Å². The normalized spacial score (nSPS) is 19.3. The molecule has 1 saturated heterocycles. The van der Waals surface area contributed by atoms with E-state index in [4.69, 9.17) is 29.7 Å². The lowest BCUT2D eigenvalue weighted by Gasteiger charge is -2.38. The standard InChI is InChI=1S/C37H46N4O7/c1-37(2,3)48-36(44)41-16-14-24(15-17-41)26-19-29(39-34-27(26)18-28(33(38)42)35(43)40-34)32-30(46-20-22-8-9-22)6-5-7-31(32)47-21-23-10-12-25(45-4)13-11-23/h5-7,10-13,19,22,24,28,36,44H,8-9,14-18,20-21H2,1-4H3,(H2,38,42)(H,39,40,43). The van der Waals surface area contributed by atoms with Gasteiger partial charge in [-0.05, 0) is 112 Å². The van der Waals surface area contributed by atoms with Crippen LogP contribution in [0, 0.1) is 11.8 Å². The second kappa shape index (κ2) is 14.1. The van der Waals surface area contributed by atoms with Gasteiger partial charge >= 0.3 is 0 Å². The number of hydrogen-bond donors (Lipinski definition) is 3. The van der Waals surface area contributed by atoms with E-state index < -0.39 is 29.7 Å². The van der Waals surface area contributed by atoms with Gasteiger partial charge in [-0.2, -0.15) is 0 Å². The summed E-state index contributed by atoms with van der Waals surface area (Å²) in [6.07, 6.45) is 2.92. The van der Waals surface area contributed by atoms with Gasteiger partial charge in [-0.3, -0.25) is 14.5 Å². The van der Waals surface area contributed by atoms with Crippen molar-refractivity contribution in [2.24, 2.45) is 17.6 Å². The Labute approximate surface area is 281 Å². The number of fused-ring (bicyclic) bond motifs is 1. The number of piperidine rings is 1. The third kappa shape index (κ3) is 7.91. The molecule has 0 spiro atoms. The number of likely N-dealkylation sites (tertiary alicyclic amines) is 1. The summed E-state index contributed by atoms with van der Waals surface area (Å²) in [5.41, 5.74) is 9.25. The van der Waals surface area contributed by atoms with Crippen molar-refractivity contribution in [2.75, 3.05) is 32.1 Å². The molecular weight excluding hydrogens is 612 g/mol. The van der Waals surface area contributed by atoms with Crippen molar-refractivity contribution in [1.29, 1.82) is 0 Å². The summed E-state index contributed by atoms with van der Waals surface area (Å²) in [6, 6.07) is 15.5. The fraction of sp³-hybridized carbons (Fsp3) is 0.486. The minimum Gasteiger partial charge on any atom is -0.497 e. The molecular formula is C37H46N4O7. The molecule has 11 heteroatoms. The Kier molecular flexibility index (Phi) is 9.91. The number of aliphatic hydroxyl groups is 1. The minimum absolute atomic E-state index is 0.0744. The van der Waals surface area contributed by atoms with Crippen LogP contribution in [0.3, 0.4) is 0 Å². The summed E-state index contributed by atoms with van der Waals surface area (Å²) in [6.45, 7) is 7.88. The second-order valence-electron chi connectivity index (χ2n) is 14.0. The summed E-state index contributed by atoms with van der Waals surface area (Å²) in [5, 5.41) is 13.6. The van der Waals surface area contributed by atoms with Crippen LogP contribution < -0.4 is 25.3 Å². The highest BCUT2D eigenvalue weighted by Gasteiger charge is 2.37. The summed E-state index contributed by atoms with van der Waals surface area (Å²) >= 11 is 0. The molecule has 2 aromatic carbocycles. The lowest BCUT2D eigenvalue weighted by Crippen LogP contribution is -2.45. The van der Waals surface area contributed by atoms with Crippen molar-refractivity contribution in [3.05, 3.63) is 65.2 Å². The lowest BCUT2D eigenvalue weighted by molar-refractivity contribution is -0.242. The number of nitrogens with one attached hydrogen (secondary N) is 1. The number of carbonyl (C=O) groups excluding carboxylic acids is 2. The van der Waals surface area contributed by atoms with Crippen molar-refractivity contribution in [2.45, 2.75) is 77.4 Å². The zero-order valence-corrected chi connectivity index (χ0v) is 28.2. The quantitative estimate of drug-likeness (QED) is 0.181. The Balaban J connectivity index is 1.37. The molecule has 4 N–H and O–H groups in total. The van der Waals surface area contributed by atoms with Gasteiger partial charge in [0.05, 0.1) is 30.6 Å². The summed E-state index contributed by atoms with van der Waals surface area (Å²) < 4.78 is 23.9. The van der Waals surface area contributed by atoms with Gasteiger partial charge in [-0.1, -0.05) is 18.2 Å². The Bertz CT molecular complexity index is 1630. The highest BCUT2D eigenvalue weighted by atomic mass is 16.6. The van der Waals surface area contributed by atoms with Crippen molar-refractivity contribution in [1.82, 2.24) is 9.88 Å². The van der Waals surface area contributed by atoms with Crippen LogP contribution in [0.5, 0.6) is 17.2 Å². The fourth-order valence-electron chi connectivity index (χ4n) is 6.33. The molecule has 6 rings (SSSR count). The van der Waals surface area contributed by atoms with E-state index in [1.54, 1.807) is 7.11 Å². The number of amides is 2. The van der Waals surface area contributed by atoms with Gasteiger partial charge in [0, 0.05) is 13.1 Å². The van der Waals surface area contributed by atoms with Gasteiger partial charge in [0.2, 0.25) is 18.2 Å². The van der Waals surface area contributed by atoms with E-state index in [1.165, 1.54) is 0 Å². The highest BCUT2D eigenvalue weighted by molar-refractivity contribution is 6.08. The zero-order chi connectivity index (χ0) is 34.0. The SMILES string of the molecule is COc1ccc(COc2cccc(OCC3CC3)c2-c2cc(C3CCN(C(O)OC(C)(C)C)CC3)c3c(n2)NC(=O)C(C(N)=O)C3)cc1. The molecule has 1 aromatic heterocycles.